The molecule has 0 aromatic carbocycles. The van der Waals surface area contributed by atoms with Crippen molar-refractivity contribution in [2.24, 2.45) is 17.6 Å². The lowest BCUT2D eigenvalue weighted by Gasteiger charge is -2.10. The third-order valence-corrected chi connectivity index (χ3v) is 6.53. The summed E-state index contributed by atoms with van der Waals surface area (Å²) in [7, 11) is 15.8. The van der Waals surface area contributed by atoms with Crippen molar-refractivity contribution < 1.29 is 34.2 Å². The highest BCUT2D eigenvalue weighted by Crippen LogP contribution is 2.12. The molecule has 0 heterocycles. The first-order chi connectivity index (χ1) is 22.4. The monoisotopic (exact) mass is 693 g/mol. The van der Waals surface area contributed by atoms with Gasteiger partial charge in [0.15, 0.2) is 0 Å². The van der Waals surface area contributed by atoms with Crippen LogP contribution in [0.25, 0.3) is 0 Å². The molecule has 48 heavy (non-hydrogen) atoms. The highest BCUT2D eigenvalue weighted by molar-refractivity contribution is 5.84. The second-order valence-corrected chi connectivity index (χ2v) is 12.3. The summed E-state index contributed by atoms with van der Waals surface area (Å²) < 4.78 is 0. The van der Waals surface area contributed by atoms with Crippen molar-refractivity contribution in [2.45, 2.75) is 92.4 Å². The van der Waals surface area contributed by atoms with Crippen molar-refractivity contribution in [3.05, 3.63) is 0 Å². The Bertz CT molecular complexity index is 747. The van der Waals surface area contributed by atoms with E-state index < -0.39 is 23.8 Å². The van der Waals surface area contributed by atoms with Crippen LogP contribution in [0.2, 0.25) is 0 Å². The maximum Gasteiger partial charge on any atom is 0.306 e. The van der Waals surface area contributed by atoms with Gasteiger partial charge in [-0.25, -0.2) is 0 Å². The van der Waals surface area contributed by atoms with Crippen LogP contribution in [0.4, 0.5) is 0 Å². The predicted octanol–water partition coefficient (Wildman–Crippen LogP) is 3.40. The number of hydrogen-bond donors (Lipinski definition) is 4. The summed E-state index contributed by atoms with van der Waals surface area (Å²) in [5.41, 5.74) is 5.19. The van der Waals surface area contributed by atoms with E-state index in [4.69, 9.17) is 15.9 Å². The molecule has 2 atom stereocenters. The summed E-state index contributed by atoms with van der Waals surface area (Å²) in [4.78, 5) is 63.0. The number of nitrogens with two attached hydrogens (primary N) is 1. The fourth-order valence-corrected chi connectivity index (χ4v) is 3.55. The average Bonchev–Trinajstić information content (AvgIpc) is 2.99. The Hall–Kier alpha value is -2.45. The fourth-order valence-electron chi connectivity index (χ4n) is 3.55. The molecule has 0 aliphatic heterocycles. The second kappa shape index (κ2) is 39.0. The first kappa shape index (κ1) is 55.0. The Balaban J connectivity index is -0.000000176. The van der Waals surface area contributed by atoms with E-state index in [1.54, 1.807) is 13.8 Å². The van der Waals surface area contributed by atoms with Gasteiger partial charge in [0.1, 0.15) is 11.6 Å². The number of carbonyl (C=O) groups excluding carboxylic acids is 3. The molecule has 0 saturated heterocycles. The molecule has 5 N–H and O–H groups in total. The molecule has 0 unspecified atom stereocenters. The van der Waals surface area contributed by atoms with E-state index in [9.17, 15) is 24.0 Å². The molecule has 0 aromatic heterocycles. The number of nitrogens with zero attached hydrogens (tertiary/aromatic N) is 4. The lowest BCUT2D eigenvalue weighted by Crippen LogP contribution is -2.30. The van der Waals surface area contributed by atoms with Crippen molar-refractivity contribution >= 4 is 29.4 Å². The summed E-state index contributed by atoms with van der Waals surface area (Å²) in [5, 5.41) is 20.3. The number of carbonyl (C=O) groups is 5. The van der Waals surface area contributed by atoms with Crippen LogP contribution >= 0.6 is 0 Å². The molecule has 288 valence electrons. The minimum atomic E-state index is -0.863. The van der Waals surface area contributed by atoms with Crippen molar-refractivity contribution in [1.82, 2.24) is 24.9 Å². The van der Waals surface area contributed by atoms with Crippen LogP contribution in [-0.2, 0) is 24.0 Å². The first-order valence-electron chi connectivity index (χ1n) is 17.4. The number of likely N-dealkylation sites (N-methyl/N-ethyl adjacent to an activating group) is 2. The van der Waals surface area contributed by atoms with Crippen LogP contribution in [0.5, 0.6) is 0 Å². The minimum Gasteiger partial charge on any atom is -0.481 e. The standard InChI is InChI=1S/2C11H21NO3.C7H16N2O.C4H12N2.C2H6/c2*1-4-9(11(14)15)8-10(13)6-5-7-12(2)3;1-4-7(10)8-5-6-9(2)3;1-6(2)4-3-5;1-2/h2*9H,4-8H2,1-3H3,(H,14,15);4-6H2,1-3H3,(H,8,10);3-5H2,1-2H3;1-2H3/t2*9-;;;/m11.../s1. The van der Waals surface area contributed by atoms with Crippen LogP contribution in [-0.4, -0.2) is 155 Å². The molecule has 13 heteroatoms. The Labute approximate surface area is 293 Å². The first-order valence-corrected chi connectivity index (χ1v) is 17.4. The Morgan fingerprint density at radius 3 is 1.15 bits per heavy atom. The van der Waals surface area contributed by atoms with Gasteiger partial charge in [-0.2, -0.15) is 0 Å². The topological polar surface area (TPSA) is 177 Å². The van der Waals surface area contributed by atoms with Gasteiger partial charge in [0.05, 0.1) is 11.8 Å². The molecular weight excluding hydrogens is 616 g/mol. The van der Waals surface area contributed by atoms with Gasteiger partial charge < -0.3 is 40.9 Å². The zero-order chi connectivity index (χ0) is 38.7. The summed E-state index contributed by atoms with van der Waals surface area (Å²) in [6, 6.07) is 0. The van der Waals surface area contributed by atoms with Crippen LogP contribution < -0.4 is 11.1 Å². The van der Waals surface area contributed by atoms with E-state index in [1.165, 1.54) is 0 Å². The average molecular weight is 693 g/mol. The predicted molar refractivity (Wildman–Crippen MR) is 198 cm³/mol. The van der Waals surface area contributed by atoms with Gasteiger partial charge in [0.25, 0.3) is 0 Å². The second-order valence-electron chi connectivity index (χ2n) is 12.3. The fraction of sp³-hybridized carbons (Fsp3) is 0.857. The highest BCUT2D eigenvalue weighted by Gasteiger charge is 2.19. The van der Waals surface area contributed by atoms with Gasteiger partial charge in [-0.05, 0) is 95.2 Å². The van der Waals surface area contributed by atoms with E-state index in [2.05, 4.69) is 10.2 Å². The lowest BCUT2D eigenvalue weighted by atomic mass is 9.98. The van der Waals surface area contributed by atoms with Gasteiger partial charge >= 0.3 is 11.9 Å². The number of amides is 1. The summed E-state index contributed by atoms with van der Waals surface area (Å²) >= 11 is 0. The lowest BCUT2D eigenvalue weighted by molar-refractivity contribution is -0.144. The van der Waals surface area contributed by atoms with Crippen LogP contribution in [0, 0.1) is 11.8 Å². The molecule has 0 rings (SSSR count). The molecule has 0 radical (unpaired) electrons. The number of nitrogens with one attached hydrogen (secondary N) is 1. The van der Waals surface area contributed by atoms with Crippen LogP contribution in [0.1, 0.15) is 92.4 Å². The summed E-state index contributed by atoms with van der Waals surface area (Å²) in [6.07, 6.45) is 4.57. The number of hydrogen-bond acceptors (Lipinski definition) is 10. The Kier molecular flexibility index (Phi) is 44.7. The van der Waals surface area contributed by atoms with Crippen molar-refractivity contribution in [3.63, 3.8) is 0 Å². The molecular formula is C35H76N6O7. The number of ketones is 2. The van der Waals surface area contributed by atoms with Gasteiger partial charge in [0.2, 0.25) is 5.91 Å². The van der Waals surface area contributed by atoms with Crippen molar-refractivity contribution in [2.75, 3.05) is 95.6 Å². The van der Waals surface area contributed by atoms with Crippen LogP contribution in [0.15, 0.2) is 0 Å². The molecule has 1 amide bonds. The Morgan fingerprint density at radius 2 is 0.938 bits per heavy atom. The SMILES string of the molecule is CC.CCC(=O)NCCN(C)C.CC[C@H](CC(=O)CCCN(C)C)C(=O)O.CC[C@H](CC(=O)CCCN(C)C)C(=O)O.CN(C)CCN. The molecule has 0 aliphatic carbocycles. The summed E-state index contributed by atoms with van der Waals surface area (Å²) in [5.74, 6) is -2.48. The molecule has 0 saturated carbocycles. The molecule has 0 aliphatic rings. The van der Waals surface area contributed by atoms with E-state index in [1.807, 2.05) is 91.9 Å². The zero-order valence-corrected chi connectivity index (χ0v) is 33.1. The summed E-state index contributed by atoms with van der Waals surface area (Å²) in [6.45, 7) is 14.6. The zero-order valence-electron chi connectivity index (χ0n) is 33.1. The minimum absolute atomic E-state index is 0.0612. The van der Waals surface area contributed by atoms with E-state index in [-0.39, 0.29) is 30.3 Å². The Morgan fingerprint density at radius 1 is 0.604 bits per heavy atom. The van der Waals surface area contributed by atoms with Gasteiger partial charge in [-0.1, -0.05) is 34.6 Å². The third kappa shape index (κ3) is 48.0. The number of Topliss-reactive ketones (excluding diaryl/α,β-unsaturated/α-hetero) is 2. The molecule has 0 fully saturated rings. The van der Waals surface area contributed by atoms with Crippen molar-refractivity contribution in [1.29, 1.82) is 0 Å². The molecule has 0 spiro atoms. The highest BCUT2D eigenvalue weighted by atomic mass is 16.4. The number of rotatable bonds is 22. The molecule has 0 aromatic rings. The quantitative estimate of drug-likeness (QED) is 0.130. The third-order valence-electron chi connectivity index (χ3n) is 6.53. The molecule has 13 nitrogen and oxygen atoms in total. The van der Waals surface area contributed by atoms with E-state index in [0.29, 0.717) is 32.1 Å². The van der Waals surface area contributed by atoms with Crippen LogP contribution in [0.3, 0.4) is 0 Å². The van der Waals surface area contributed by atoms with E-state index in [0.717, 1.165) is 52.1 Å². The van der Waals surface area contributed by atoms with Crippen molar-refractivity contribution in [3.8, 4) is 0 Å². The largest absolute Gasteiger partial charge is 0.481 e. The normalized spacial score (nSPS) is 11.5. The number of carboxylic acids is 2. The number of carboxylic acid groups (broad SMARTS) is 2. The van der Waals surface area contributed by atoms with Gasteiger partial charge in [-0.3, -0.25) is 24.0 Å². The maximum absolute atomic E-state index is 11.4. The molecule has 0 bridgehead atoms. The van der Waals surface area contributed by atoms with Gasteiger partial charge in [-0.15, -0.1) is 0 Å². The number of aliphatic carboxylic acids is 2. The smallest absolute Gasteiger partial charge is 0.306 e. The maximum atomic E-state index is 11.4. The van der Waals surface area contributed by atoms with Gasteiger partial charge in [0, 0.05) is 58.3 Å². The van der Waals surface area contributed by atoms with E-state index >= 15 is 0 Å².